The first-order valence-corrected chi connectivity index (χ1v) is 47.5. The number of carbonyl (C=O) groups excluding carboxylic acids is 4. The van der Waals surface area contributed by atoms with Gasteiger partial charge in [0.15, 0.2) is 12.2 Å². The van der Waals surface area contributed by atoms with Crippen molar-refractivity contribution < 1.29 is 80.2 Å². The van der Waals surface area contributed by atoms with Crippen LogP contribution in [0.3, 0.4) is 0 Å². The molecule has 0 fully saturated rings. The van der Waals surface area contributed by atoms with Crippen LogP contribution in [-0.4, -0.2) is 96.7 Å². The van der Waals surface area contributed by atoms with Crippen molar-refractivity contribution in [2.24, 2.45) is 11.8 Å². The third-order valence-electron chi connectivity index (χ3n) is 20.2. The Labute approximate surface area is 645 Å². The summed E-state index contributed by atoms with van der Waals surface area (Å²) in [5.41, 5.74) is 0. The van der Waals surface area contributed by atoms with E-state index >= 15 is 0 Å². The fraction of sp³-hybridized carbons (Fsp3) is 0.953. The molecular weight excluding hydrogens is 1370 g/mol. The number of aliphatic hydroxyl groups is 1. The second kappa shape index (κ2) is 77.4. The lowest BCUT2D eigenvalue weighted by Gasteiger charge is -2.21. The first-order chi connectivity index (χ1) is 50.9. The molecule has 0 aliphatic heterocycles. The zero-order chi connectivity index (χ0) is 77.1. The molecule has 0 saturated carbocycles. The maximum absolute atomic E-state index is 13.1. The second-order valence-electron chi connectivity index (χ2n) is 31.9. The topological polar surface area (TPSA) is 237 Å². The van der Waals surface area contributed by atoms with E-state index < -0.39 is 97.5 Å². The minimum absolute atomic E-state index is 0.108. The molecule has 0 heterocycles. The van der Waals surface area contributed by atoms with Gasteiger partial charge in [0.2, 0.25) is 0 Å². The van der Waals surface area contributed by atoms with Crippen molar-refractivity contribution in [3.05, 3.63) is 0 Å². The Morgan fingerprint density at radius 1 is 0.257 bits per heavy atom. The number of phosphoric acid groups is 2. The SMILES string of the molecule is CCCCCCCCCCCCCCCCCCCCC(=O)OC[C@H](COP(=O)(O)OC[C@@H](O)COP(=O)(O)OC[C@@H](COC(=O)CCCCCCCCCCC(C)C)OC(=O)CCCCCCCCCCCCCCCCCCC)OC(=O)CCCCCCCCCCCCCCCCCCC(C)C. The van der Waals surface area contributed by atoms with Crippen molar-refractivity contribution in [1.82, 2.24) is 0 Å². The molecule has 0 spiro atoms. The largest absolute Gasteiger partial charge is 0.472 e. The Bertz CT molecular complexity index is 2010. The molecule has 3 N–H and O–H groups in total. The van der Waals surface area contributed by atoms with Crippen LogP contribution in [0, 0.1) is 11.8 Å². The molecule has 5 atom stereocenters. The highest BCUT2D eigenvalue weighted by Gasteiger charge is 2.30. The minimum atomic E-state index is -4.97. The van der Waals surface area contributed by atoms with Crippen LogP contribution in [-0.2, 0) is 65.4 Å². The Hall–Kier alpha value is -1.94. The number of hydrogen-bond donors (Lipinski definition) is 3. The molecule has 0 aromatic rings. The van der Waals surface area contributed by atoms with E-state index in [0.717, 1.165) is 102 Å². The van der Waals surface area contributed by atoms with E-state index in [1.807, 2.05) is 0 Å². The van der Waals surface area contributed by atoms with Crippen LogP contribution >= 0.6 is 15.6 Å². The molecule has 0 aliphatic carbocycles. The number of esters is 4. The van der Waals surface area contributed by atoms with Gasteiger partial charge in [0, 0.05) is 25.7 Å². The zero-order valence-corrected chi connectivity index (χ0v) is 70.8. The highest BCUT2D eigenvalue weighted by atomic mass is 31.2. The van der Waals surface area contributed by atoms with Gasteiger partial charge in [-0.25, -0.2) is 9.13 Å². The summed E-state index contributed by atoms with van der Waals surface area (Å²) in [6.45, 7) is 9.67. The molecule has 0 rings (SSSR count). The molecule has 0 aliphatic rings. The number of phosphoric ester groups is 2. The lowest BCUT2D eigenvalue weighted by molar-refractivity contribution is -0.161. The monoisotopic (exact) mass is 1540 g/mol. The third-order valence-corrected chi connectivity index (χ3v) is 22.1. The van der Waals surface area contributed by atoms with Crippen molar-refractivity contribution >= 4 is 39.5 Å². The van der Waals surface area contributed by atoms with Crippen molar-refractivity contribution in [3.63, 3.8) is 0 Å². The fourth-order valence-electron chi connectivity index (χ4n) is 13.4. The highest BCUT2D eigenvalue weighted by Crippen LogP contribution is 2.45. The number of unbranched alkanes of at least 4 members (excludes halogenated alkanes) is 55. The summed E-state index contributed by atoms with van der Waals surface area (Å²) in [7, 11) is -9.93. The molecular formula is C86H168O17P2. The van der Waals surface area contributed by atoms with Gasteiger partial charge in [-0.05, 0) is 37.5 Å². The maximum atomic E-state index is 13.1. The average molecular weight is 1540 g/mol. The Morgan fingerprint density at radius 3 is 0.648 bits per heavy atom. The summed E-state index contributed by atoms with van der Waals surface area (Å²) in [5, 5.41) is 10.7. The van der Waals surface area contributed by atoms with E-state index in [-0.39, 0.29) is 25.7 Å². The van der Waals surface area contributed by atoms with Gasteiger partial charge in [0.25, 0.3) is 0 Å². The minimum Gasteiger partial charge on any atom is -0.462 e. The number of ether oxygens (including phenoxy) is 4. The Kier molecular flexibility index (Phi) is 76.0. The average Bonchev–Trinajstić information content (AvgIpc) is 0.912. The number of hydrogen-bond acceptors (Lipinski definition) is 15. The van der Waals surface area contributed by atoms with Gasteiger partial charge in [0.05, 0.1) is 26.4 Å². The molecule has 624 valence electrons. The second-order valence-corrected chi connectivity index (χ2v) is 34.8. The number of rotatable bonds is 85. The quantitative estimate of drug-likeness (QED) is 0.0222. The van der Waals surface area contributed by atoms with E-state index in [4.69, 9.17) is 37.0 Å². The van der Waals surface area contributed by atoms with Crippen LogP contribution in [0.2, 0.25) is 0 Å². The number of carbonyl (C=O) groups is 4. The van der Waals surface area contributed by atoms with Crippen LogP contribution in [0.25, 0.3) is 0 Å². The van der Waals surface area contributed by atoms with Crippen LogP contribution in [0.5, 0.6) is 0 Å². The van der Waals surface area contributed by atoms with E-state index in [1.54, 1.807) is 0 Å². The lowest BCUT2D eigenvalue weighted by Crippen LogP contribution is -2.30. The van der Waals surface area contributed by atoms with Gasteiger partial charge < -0.3 is 33.8 Å². The normalized spacial score (nSPS) is 13.8. The van der Waals surface area contributed by atoms with E-state index in [1.165, 1.54) is 276 Å². The molecule has 0 aromatic carbocycles. The highest BCUT2D eigenvalue weighted by molar-refractivity contribution is 7.47. The first-order valence-electron chi connectivity index (χ1n) is 44.5. The van der Waals surface area contributed by atoms with Crippen molar-refractivity contribution in [2.75, 3.05) is 39.6 Å². The molecule has 19 heteroatoms. The summed E-state index contributed by atoms with van der Waals surface area (Å²) < 4.78 is 68.9. The van der Waals surface area contributed by atoms with Crippen molar-refractivity contribution in [3.8, 4) is 0 Å². The van der Waals surface area contributed by atoms with Crippen molar-refractivity contribution in [1.29, 1.82) is 0 Å². The summed E-state index contributed by atoms with van der Waals surface area (Å²) in [4.78, 5) is 73.2. The molecule has 2 unspecified atom stereocenters. The zero-order valence-electron chi connectivity index (χ0n) is 69.0. The molecule has 0 amide bonds. The molecule has 17 nitrogen and oxygen atoms in total. The standard InChI is InChI=1S/C86H168O17P2/c1-7-9-11-13-15-17-19-21-23-25-27-31-35-39-43-50-56-62-68-83(88)96-74-81(102-85(90)70-65-59-53-45-41-37-33-29-28-30-34-38-42-48-54-60-66-78(3)4)76-100-104(92,93)98-72-80(87)73-99-105(94,95)101-77-82(75-97-84(89)69-63-57-51-47-46-49-55-61-67-79(5)6)103-86(91)71-64-58-52-44-40-36-32-26-24-22-20-18-16-14-12-10-8-2/h78-82,87H,7-77H2,1-6H3,(H,92,93)(H,94,95)/t80-,81-,82-/m1/s1. The Morgan fingerprint density at radius 2 is 0.438 bits per heavy atom. The van der Waals surface area contributed by atoms with Gasteiger partial charge in [-0.3, -0.25) is 37.3 Å². The van der Waals surface area contributed by atoms with E-state index in [2.05, 4.69) is 41.5 Å². The Balaban J connectivity index is 5.25. The van der Waals surface area contributed by atoms with Crippen LogP contribution < -0.4 is 0 Å². The van der Waals surface area contributed by atoms with Crippen molar-refractivity contribution in [2.45, 2.75) is 477 Å². The van der Waals surface area contributed by atoms with Crippen LogP contribution in [0.1, 0.15) is 459 Å². The van der Waals surface area contributed by atoms with E-state index in [9.17, 15) is 43.2 Å². The van der Waals surface area contributed by atoms with Gasteiger partial charge in [-0.15, -0.1) is 0 Å². The van der Waals surface area contributed by atoms with Gasteiger partial charge in [0.1, 0.15) is 19.3 Å². The van der Waals surface area contributed by atoms with E-state index in [0.29, 0.717) is 25.7 Å². The summed E-state index contributed by atoms with van der Waals surface area (Å²) in [6, 6.07) is 0. The predicted octanol–water partition coefficient (Wildman–Crippen LogP) is 26.2. The molecule has 105 heavy (non-hydrogen) atoms. The van der Waals surface area contributed by atoms with Gasteiger partial charge >= 0.3 is 39.5 Å². The smallest absolute Gasteiger partial charge is 0.462 e. The summed E-state index contributed by atoms with van der Waals surface area (Å²) in [5.74, 6) is -0.566. The van der Waals surface area contributed by atoms with Gasteiger partial charge in [-0.1, -0.05) is 408 Å². The van der Waals surface area contributed by atoms with Crippen LogP contribution in [0.4, 0.5) is 0 Å². The third kappa shape index (κ3) is 79.9. The predicted molar refractivity (Wildman–Crippen MR) is 432 cm³/mol. The molecule has 0 aromatic heterocycles. The van der Waals surface area contributed by atoms with Gasteiger partial charge in [-0.2, -0.15) is 0 Å². The fourth-order valence-corrected chi connectivity index (χ4v) is 15.0. The van der Waals surface area contributed by atoms with Crippen LogP contribution in [0.15, 0.2) is 0 Å². The molecule has 0 radical (unpaired) electrons. The summed E-state index contributed by atoms with van der Waals surface area (Å²) >= 11 is 0. The first kappa shape index (κ1) is 103. The summed E-state index contributed by atoms with van der Waals surface area (Å²) in [6.07, 6.45) is 69.4. The molecule has 0 bridgehead atoms. The maximum Gasteiger partial charge on any atom is 0.472 e. The molecule has 0 saturated heterocycles. The number of aliphatic hydroxyl groups excluding tert-OH is 1. The lowest BCUT2D eigenvalue weighted by atomic mass is 10.0.